The Balaban J connectivity index is 0.000000179. The van der Waals surface area contributed by atoms with E-state index in [0.717, 1.165) is 17.2 Å². The van der Waals surface area contributed by atoms with Crippen LogP contribution in [0.4, 0.5) is 0 Å². The highest BCUT2D eigenvalue weighted by atomic mass is 16.3. The van der Waals surface area contributed by atoms with Gasteiger partial charge in [-0.05, 0) is 24.3 Å². The lowest BCUT2D eigenvalue weighted by molar-refractivity contribution is 0.102. The fourth-order valence-electron chi connectivity index (χ4n) is 2.87. The predicted octanol–water partition coefficient (Wildman–Crippen LogP) is 4.95. The van der Waals surface area contributed by atoms with Gasteiger partial charge >= 0.3 is 0 Å². The van der Waals surface area contributed by atoms with Crippen molar-refractivity contribution in [3.8, 4) is 17.2 Å². The number of phenolic OH excluding ortho intramolecular Hbond substituents is 3. The quantitative estimate of drug-likeness (QED) is 0.412. The van der Waals surface area contributed by atoms with Gasteiger partial charge in [-0.15, -0.1) is 0 Å². The first-order valence-corrected chi connectivity index (χ1v) is 9.47. The number of aromatic hydroxyl groups is 3. The molecule has 0 fully saturated rings. The van der Waals surface area contributed by atoms with E-state index in [9.17, 15) is 19.8 Å². The third-order valence-electron chi connectivity index (χ3n) is 4.45. The van der Waals surface area contributed by atoms with E-state index in [1.54, 1.807) is 12.1 Å². The van der Waals surface area contributed by atoms with Crippen molar-refractivity contribution in [3.05, 3.63) is 125 Å². The summed E-state index contributed by atoms with van der Waals surface area (Å²) in [7, 11) is 0. The highest BCUT2D eigenvalue weighted by molar-refractivity contribution is 6.12. The fourth-order valence-corrected chi connectivity index (χ4v) is 2.87. The summed E-state index contributed by atoms with van der Waals surface area (Å²) < 4.78 is 0. The van der Waals surface area contributed by atoms with E-state index in [4.69, 9.17) is 5.11 Å². The summed E-state index contributed by atoms with van der Waals surface area (Å²) in [6.07, 6.45) is 0. The van der Waals surface area contributed by atoms with E-state index >= 15 is 0 Å². The van der Waals surface area contributed by atoms with Gasteiger partial charge in [0, 0.05) is 17.2 Å². The molecule has 4 aromatic rings. The average molecular weight is 412 g/mol. The van der Waals surface area contributed by atoms with Crippen LogP contribution in [0.15, 0.2) is 103 Å². The van der Waals surface area contributed by atoms with Crippen molar-refractivity contribution in [1.82, 2.24) is 0 Å². The topological polar surface area (TPSA) is 94.8 Å². The largest absolute Gasteiger partial charge is 0.508 e. The SMILES string of the molecule is O=C(c1ccccc1)c1ccccc1.O=C(c1ccccc1O)c1ccc(O)cc1O. The number of para-hydroxylation sites is 1. The highest BCUT2D eigenvalue weighted by Gasteiger charge is 2.16. The van der Waals surface area contributed by atoms with Crippen LogP contribution in [0.3, 0.4) is 0 Å². The van der Waals surface area contributed by atoms with Crippen LogP contribution in [-0.2, 0) is 0 Å². The van der Waals surface area contributed by atoms with Crippen LogP contribution in [0.25, 0.3) is 0 Å². The van der Waals surface area contributed by atoms with Crippen molar-refractivity contribution in [2.75, 3.05) is 0 Å². The average Bonchev–Trinajstić information content (AvgIpc) is 2.80. The van der Waals surface area contributed by atoms with Crippen LogP contribution < -0.4 is 0 Å². The molecule has 0 atom stereocenters. The number of carbonyl (C=O) groups excluding carboxylic acids is 2. The Morgan fingerprint density at radius 1 is 0.484 bits per heavy atom. The van der Waals surface area contributed by atoms with Gasteiger partial charge in [0.1, 0.15) is 17.2 Å². The van der Waals surface area contributed by atoms with Gasteiger partial charge in [0.2, 0.25) is 0 Å². The first-order chi connectivity index (χ1) is 15.0. The second-order valence-corrected chi connectivity index (χ2v) is 6.61. The molecule has 0 aliphatic rings. The molecular formula is C26H20O5. The van der Waals surface area contributed by atoms with E-state index in [1.165, 1.54) is 24.3 Å². The summed E-state index contributed by atoms with van der Waals surface area (Å²) in [4.78, 5) is 23.8. The van der Waals surface area contributed by atoms with E-state index in [1.807, 2.05) is 60.7 Å². The number of hydrogen-bond donors (Lipinski definition) is 3. The molecule has 0 radical (unpaired) electrons. The fraction of sp³-hybridized carbons (Fsp3) is 0. The van der Waals surface area contributed by atoms with Crippen molar-refractivity contribution in [2.45, 2.75) is 0 Å². The number of ketones is 2. The van der Waals surface area contributed by atoms with E-state index in [-0.39, 0.29) is 34.2 Å². The summed E-state index contributed by atoms with van der Waals surface area (Å²) >= 11 is 0. The summed E-state index contributed by atoms with van der Waals surface area (Å²) in [5, 5.41) is 28.2. The van der Waals surface area contributed by atoms with Gasteiger partial charge in [-0.2, -0.15) is 0 Å². The Morgan fingerprint density at radius 3 is 1.48 bits per heavy atom. The smallest absolute Gasteiger partial charge is 0.200 e. The number of rotatable bonds is 4. The zero-order valence-electron chi connectivity index (χ0n) is 16.5. The molecule has 5 nitrogen and oxygen atoms in total. The van der Waals surface area contributed by atoms with Gasteiger partial charge in [-0.25, -0.2) is 0 Å². The molecule has 3 N–H and O–H groups in total. The molecule has 0 saturated heterocycles. The Morgan fingerprint density at radius 2 is 0.968 bits per heavy atom. The Hall–Kier alpha value is -4.38. The van der Waals surface area contributed by atoms with E-state index in [0.29, 0.717) is 0 Å². The van der Waals surface area contributed by atoms with Gasteiger partial charge in [0.05, 0.1) is 11.1 Å². The molecule has 154 valence electrons. The first kappa shape index (κ1) is 21.3. The Kier molecular flexibility index (Phi) is 6.81. The van der Waals surface area contributed by atoms with Crippen LogP contribution in [0.1, 0.15) is 31.8 Å². The molecule has 5 heteroatoms. The maximum Gasteiger partial charge on any atom is 0.200 e. The maximum absolute atomic E-state index is 12.0. The Bertz CT molecular complexity index is 1140. The van der Waals surface area contributed by atoms with Gasteiger partial charge in [-0.3, -0.25) is 9.59 Å². The zero-order valence-corrected chi connectivity index (χ0v) is 16.5. The summed E-state index contributed by atoms with van der Waals surface area (Å²) in [6, 6.07) is 28.4. The van der Waals surface area contributed by atoms with Gasteiger partial charge in [0.15, 0.2) is 11.6 Å². The third-order valence-corrected chi connectivity index (χ3v) is 4.45. The minimum atomic E-state index is -0.499. The zero-order chi connectivity index (χ0) is 22.2. The van der Waals surface area contributed by atoms with E-state index in [2.05, 4.69) is 0 Å². The first-order valence-electron chi connectivity index (χ1n) is 9.47. The van der Waals surface area contributed by atoms with Crippen LogP contribution in [0.5, 0.6) is 17.2 Å². The molecule has 0 amide bonds. The molecule has 0 spiro atoms. The molecule has 0 bridgehead atoms. The molecule has 0 aromatic heterocycles. The lowest BCUT2D eigenvalue weighted by Gasteiger charge is -2.05. The minimum absolute atomic E-state index is 0.0318. The lowest BCUT2D eigenvalue weighted by Crippen LogP contribution is -2.01. The predicted molar refractivity (Wildman–Crippen MR) is 118 cm³/mol. The normalized spacial score (nSPS) is 9.94. The molecule has 0 aliphatic heterocycles. The van der Waals surface area contributed by atoms with Crippen molar-refractivity contribution in [1.29, 1.82) is 0 Å². The highest BCUT2D eigenvalue weighted by Crippen LogP contribution is 2.27. The van der Waals surface area contributed by atoms with Gasteiger partial charge in [0.25, 0.3) is 0 Å². The van der Waals surface area contributed by atoms with Crippen LogP contribution in [-0.4, -0.2) is 26.9 Å². The minimum Gasteiger partial charge on any atom is -0.508 e. The van der Waals surface area contributed by atoms with Gasteiger partial charge < -0.3 is 15.3 Å². The molecule has 4 rings (SSSR count). The van der Waals surface area contributed by atoms with Gasteiger partial charge in [-0.1, -0.05) is 72.8 Å². The summed E-state index contributed by atoms with van der Waals surface area (Å²) in [6.45, 7) is 0. The number of phenols is 3. The standard InChI is InChI=1S/C13H10O4.C13H10O/c14-8-5-6-10(12(16)7-8)13(17)9-3-1-2-4-11(9)15;14-13(11-7-3-1-4-8-11)12-9-5-2-6-10-12/h1-7,14-16H;1-10H. The van der Waals surface area contributed by atoms with Crippen molar-refractivity contribution in [3.63, 3.8) is 0 Å². The molecule has 0 unspecified atom stereocenters. The number of benzene rings is 4. The summed E-state index contributed by atoms with van der Waals surface area (Å²) in [5.41, 5.74) is 1.61. The van der Waals surface area contributed by atoms with Crippen LogP contribution in [0, 0.1) is 0 Å². The van der Waals surface area contributed by atoms with Crippen molar-refractivity contribution < 1.29 is 24.9 Å². The second-order valence-electron chi connectivity index (χ2n) is 6.61. The molecule has 0 saturated carbocycles. The molecular weight excluding hydrogens is 392 g/mol. The maximum atomic E-state index is 12.0. The second kappa shape index (κ2) is 9.89. The molecule has 0 heterocycles. The van der Waals surface area contributed by atoms with Crippen LogP contribution in [0.2, 0.25) is 0 Å². The lowest BCUT2D eigenvalue weighted by atomic mass is 10.0. The third kappa shape index (κ3) is 5.36. The monoisotopic (exact) mass is 412 g/mol. The Labute approximate surface area is 179 Å². The number of carbonyl (C=O) groups is 2. The number of hydrogen-bond acceptors (Lipinski definition) is 5. The molecule has 4 aromatic carbocycles. The van der Waals surface area contributed by atoms with Crippen molar-refractivity contribution in [2.24, 2.45) is 0 Å². The van der Waals surface area contributed by atoms with E-state index < -0.39 is 5.78 Å². The van der Waals surface area contributed by atoms with Crippen molar-refractivity contribution >= 4 is 11.6 Å². The van der Waals surface area contributed by atoms with Crippen LogP contribution >= 0.6 is 0 Å². The molecule has 0 aliphatic carbocycles. The molecule has 31 heavy (non-hydrogen) atoms. The summed E-state index contributed by atoms with van der Waals surface area (Å²) in [5.74, 6) is -1.02.